The number of rotatable bonds is 7. The number of nitrogens with one attached hydrogen (secondary N) is 3. The number of carbonyl (C=O) groups excluding carboxylic acids is 1. The van der Waals surface area contributed by atoms with E-state index in [2.05, 4.69) is 39.8 Å². The number of aromatic nitrogens is 2. The molecule has 6 heteroatoms. The Morgan fingerprint density at radius 1 is 0.964 bits per heavy atom. The monoisotopic (exact) mass is 375 g/mol. The van der Waals surface area contributed by atoms with E-state index in [4.69, 9.17) is 0 Å². The molecule has 0 fully saturated rings. The Morgan fingerprint density at radius 3 is 2.43 bits per heavy atom. The summed E-state index contributed by atoms with van der Waals surface area (Å²) >= 11 is 0. The third kappa shape index (κ3) is 5.54. The molecule has 3 N–H and O–H groups in total. The molecule has 1 aromatic heterocycles. The van der Waals surface area contributed by atoms with Gasteiger partial charge in [0.05, 0.1) is 5.69 Å². The van der Waals surface area contributed by atoms with Crippen molar-refractivity contribution < 1.29 is 4.79 Å². The van der Waals surface area contributed by atoms with Gasteiger partial charge in [-0.15, -0.1) is 0 Å². The Morgan fingerprint density at radius 2 is 1.71 bits per heavy atom. The van der Waals surface area contributed by atoms with Gasteiger partial charge in [-0.05, 0) is 24.1 Å². The van der Waals surface area contributed by atoms with Crippen LogP contribution in [0.15, 0.2) is 60.7 Å². The van der Waals surface area contributed by atoms with Crippen LogP contribution in [-0.4, -0.2) is 22.4 Å². The summed E-state index contributed by atoms with van der Waals surface area (Å²) in [5, 5.41) is 9.40. The second kappa shape index (κ2) is 8.99. The largest absolute Gasteiger partial charge is 0.354 e. The highest BCUT2D eigenvalue weighted by Crippen LogP contribution is 2.25. The fourth-order valence-corrected chi connectivity index (χ4v) is 2.67. The maximum Gasteiger partial charge on any atom is 0.225 e. The molecule has 0 aliphatic heterocycles. The molecule has 28 heavy (non-hydrogen) atoms. The van der Waals surface area contributed by atoms with E-state index in [0.29, 0.717) is 17.7 Å². The normalized spacial score (nSPS) is 10.6. The molecule has 0 radical (unpaired) electrons. The van der Waals surface area contributed by atoms with E-state index in [-0.39, 0.29) is 5.91 Å². The summed E-state index contributed by atoms with van der Waals surface area (Å²) < 4.78 is 0. The molecule has 1 heterocycles. The number of hydrogen-bond acceptors (Lipinski definition) is 5. The lowest BCUT2D eigenvalue weighted by atomic mass is 10.1. The Labute approximate surface area is 165 Å². The van der Waals surface area contributed by atoms with Crippen LogP contribution in [0.1, 0.15) is 20.8 Å². The minimum Gasteiger partial charge on any atom is -0.354 e. The van der Waals surface area contributed by atoms with Crippen molar-refractivity contribution in [3.8, 4) is 11.3 Å². The van der Waals surface area contributed by atoms with Crippen molar-refractivity contribution in [1.82, 2.24) is 9.97 Å². The van der Waals surface area contributed by atoms with Crippen LogP contribution in [0.4, 0.5) is 23.1 Å². The zero-order chi connectivity index (χ0) is 19.9. The van der Waals surface area contributed by atoms with Crippen molar-refractivity contribution in [2.24, 2.45) is 5.92 Å². The van der Waals surface area contributed by atoms with Crippen LogP contribution in [0.3, 0.4) is 0 Å². The summed E-state index contributed by atoms with van der Waals surface area (Å²) in [5.74, 6) is 1.64. The fourth-order valence-electron chi connectivity index (χ4n) is 2.67. The molecule has 0 unspecified atom stereocenters. The maximum atomic E-state index is 11.3. The van der Waals surface area contributed by atoms with Crippen molar-refractivity contribution in [1.29, 1.82) is 0 Å². The van der Waals surface area contributed by atoms with Crippen molar-refractivity contribution in [2.75, 3.05) is 22.5 Å². The van der Waals surface area contributed by atoms with Gasteiger partial charge in [-0.1, -0.05) is 50.2 Å². The highest BCUT2D eigenvalue weighted by atomic mass is 16.1. The molecule has 0 aliphatic rings. The number of nitrogens with zero attached hydrogens (tertiary/aromatic N) is 2. The number of amides is 1. The molecule has 2 aromatic carbocycles. The van der Waals surface area contributed by atoms with Crippen LogP contribution >= 0.6 is 0 Å². The molecule has 0 saturated carbocycles. The van der Waals surface area contributed by atoms with E-state index in [0.717, 1.165) is 29.2 Å². The molecule has 0 bridgehead atoms. The summed E-state index contributed by atoms with van der Waals surface area (Å²) in [6.07, 6.45) is 0. The molecule has 0 atom stereocenters. The lowest BCUT2D eigenvalue weighted by Crippen LogP contribution is -2.11. The lowest BCUT2D eigenvalue weighted by molar-refractivity contribution is -0.114. The minimum absolute atomic E-state index is 0.106. The van der Waals surface area contributed by atoms with E-state index in [1.54, 1.807) is 0 Å². The van der Waals surface area contributed by atoms with Crippen LogP contribution in [0.2, 0.25) is 0 Å². The van der Waals surface area contributed by atoms with Gasteiger partial charge in [0.15, 0.2) is 0 Å². The highest BCUT2D eigenvalue weighted by molar-refractivity contribution is 5.89. The predicted octanol–water partition coefficient (Wildman–Crippen LogP) is 4.91. The lowest BCUT2D eigenvalue weighted by Gasteiger charge is -2.13. The summed E-state index contributed by atoms with van der Waals surface area (Å²) in [4.78, 5) is 20.5. The number of benzene rings is 2. The maximum absolute atomic E-state index is 11.3. The first-order chi connectivity index (χ1) is 13.5. The Balaban J connectivity index is 1.91. The zero-order valence-corrected chi connectivity index (χ0v) is 16.4. The van der Waals surface area contributed by atoms with E-state index in [1.165, 1.54) is 6.92 Å². The summed E-state index contributed by atoms with van der Waals surface area (Å²) in [7, 11) is 0. The van der Waals surface area contributed by atoms with Crippen LogP contribution < -0.4 is 16.0 Å². The van der Waals surface area contributed by atoms with Crippen molar-refractivity contribution in [3.63, 3.8) is 0 Å². The predicted molar refractivity (Wildman–Crippen MR) is 115 cm³/mol. The molecular formula is C22H25N5O. The standard InChI is InChI=1S/C22H25N5O/c1-15(2)14-23-22-26-20(17-8-5-4-6-9-17)13-21(27-22)25-19-11-7-10-18(12-19)24-16(3)28/h4-13,15H,14H2,1-3H3,(H,24,28)(H2,23,25,26,27). The zero-order valence-electron chi connectivity index (χ0n) is 16.4. The molecule has 1 amide bonds. The number of carbonyl (C=O) groups is 1. The minimum atomic E-state index is -0.106. The van der Waals surface area contributed by atoms with Gasteiger partial charge < -0.3 is 16.0 Å². The van der Waals surface area contributed by atoms with Gasteiger partial charge >= 0.3 is 0 Å². The van der Waals surface area contributed by atoms with Gasteiger partial charge in [0, 0.05) is 36.5 Å². The first kappa shape index (κ1) is 19.4. The average molecular weight is 375 g/mol. The van der Waals surface area contributed by atoms with E-state index >= 15 is 0 Å². The van der Waals surface area contributed by atoms with Crippen molar-refractivity contribution in [2.45, 2.75) is 20.8 Å². The molecule has 0 saturated heterocycles. The van der Waals surface area contributed by atoms with Crippen LogP contribution in [0, 0.1) is 5.92 Å². The van der Waals surface area contributed by atoms with E-state index in [9.17, 15) is 4.79 Å². The topological polar surface area (TPSA) is 78.9 Å². The van der Waals surface area contributed by atoms with E-state index < -0.39 is 0 Å². The Kier molecular flexibility index (Phi) is 6.22. The summed E-state index contributed by atoms with van der Waals surface area (Å²) in [6.45, 7) is 6.56. The van der Waals surface area contributed by atoms with Crippen molar-refractivity contribution in [3.05, 3.63) is 60.7 Å². The third-order valence-corrected chi connectivity index (χ3v) is 3.92. The second-order valence-corrected chi connectivity index (χ2v) is 6.99. The smallest absolute Gasteiger partial charge is 0.225 e. The summed E-state index contributed by atoms with van der Waals surface area (Å²) in [6, 6.07) is 19.4. The molecule has 144 valence electrons. The van der Waals surface area contributed by atoms with Crippen molar-refractivity contribution >= 4 is 29.0 Å². The SMILES string of the molecule is CC(=O)Nc1cccc(Nc2cc(-c3ccccc3)nc(NCC(C)C)n2)c1. The van der Waals surface area contributed by atoms with Gasteiger partial charge in [-0.3, -0.25) is 4.79 Å². The molecule has 3 aromatic rings. The van der Waals surface area contributed by atoms with Crippen LogP contribution in [0.5, 0.6) is 0 Å². The Hall–Kier alpha value is -3.41. The number of hydrogen-bond donors (Lipinski definition) is 3. The van der Waals surface area contributed by atoms with Gasteiger partial charge in [-0.25, -0.2) is 4.98 Å². The quantitative estimate of drug-likeness (QED) is 0.547. The third-order valence-electron chi connectivity index (χ3n) is 3.92. The Bertz CT molecular complexity index is 941. The number of anilines is 4. The first-order valence-corrected chi connectivity index (χ1v) is 9.32. The molecule has 0 spiro atoms. The van der Waals surface area contributed by atoms with Gasteiger partial charge in [0.25, 0.3) is 0 Å². The van der Waals surface area contributed by atoms with Crippen LogP contribution in [0.25, 0.3) is 11.3 Å². The average Bonchev–Trinajstić information content (AvgIpc) is 2.67. The molecule has 6 nitrogen and oxygen atoms in total. The molecular weight excluding hydrogens is 350 g/mol. The first-order valence-electron chi connectivity index (χ1n) is 9.32. The molecule has 0 aliphatic carbocycles. The van der Waals surface area contributed by atoms with Gasteiger partial charge in [-0.2, -0.15) is 4.98 Å². The second-order valence-electron chi connectivity index (χ2n) is 6.99. The van der Waals surface area contributed by atoms with E-state index in [1.807, 2.05) is 60.7 Å². The summed E-state index contributed by atoms with van der Waals surface area (Å²) in [5.41, 5.74) is 3.42. The molecule has 3 rings (SSSR count). The fraction of sp³-hybridized carbons (Fsp3) is 0.227. The highest BCUT2D eigenvalue weighted by Gasteiger charge is 2.08. The van der Waals surface area contributed by atoms with Gasteiger partial charge in [0.2, 0.25) is 11.9 Å². The van der Waals surface area contributed by atoms with Crippen LogP contribution in [-0.2, 0) is 4.79 Å². The van der Waals surface area contributed by atoms with Gasteiger partial charge in [0.1, 0.15) is 5.82 Å².